The van der Waals surface area contributed by atoms with E-state index in [-0.39, 0.29) is 5.12 Å². The standard InChI is InChI=1S/C9H11OS/c1-8(10)11-7-9-5-3-2-4-6-9/h2-3,5-6H,4,7H2,1H3. The molecule has 0 fully saturated rings. The summed E-state index contributed by atoms with van der Waals surface area (Å²) in [4.78, 5) is 10.6. The van der Waals surface area contributed by atoms with E-state index in [1.54, 1.807) is 6.92 Å². The molecule has 0 aromatic rings. The molecule has 0 saturated heterocycles. The highest BCUT2D eigenvalue weighted by molar-refractivity contribution is 8.13. The van der Waals surface area contributed by atoms with Gasteiger partial charge >= 0.3 is 0 Å². The lowest BCUT2D eigenvalue weighted by Crippen LogP contribution is -1.91. The van der Waals surface area contributed by atoms with E-state index in [2.05, 4.69) is 18.6 Å². The summed E-state index contributed by atoms with van der Waals surface area (Å²) >= 11 is 1.37. The molecule has 1 rings (SSSR count). The van der Waals surface area contributed by atoms with Gasteiger partial charge < -0.3 is 0 Å². The largest absolute Gasteiger partial charge is 0.288 e. The molecule has 0 aromatic carbocycles. The van der Waals surface area contributed by atoms with Crippen LogP contribution < -0.4 is 0 Å². The highest BCUT2D eigenvalue weighted by Gasteiger charge is 1.99. The molecule has 1 radical (unpaired) electrons. The molecule has 0 saturated carbocycles. The Morgan fingerprint density at radius 3 is 3.09 bits per heavy atom. The van der Waals surface area contributed by atoms with Crippen LogP contribution in [-0.4, -0.2) is 10.9 Å². The Morgan fingerprint density at radius 1 is 1.73 bits per heavy atom. The predicted octanol–water partition coefficient (Wildman–Crippen LogP) is 2.36. The molecule has 0 bridgehead atoms. The van der Waals surface area contributed by atoms with Gasteiger partial charge in [-0.05, 0) is 18.4 Å². The second-order valence-corrected chi connectivity index (χ2v) is 3.54. The van der Waals surface area contributed by atoms with Gasteiger partial charge in [0, 0.05) is 12.7 Å². The van der Waals surface area contributed by atoms with Crippen molar-refractivity contribution in [1.82, 2.24) is 0 Å². The molecule has 0 unspecified atom stereocenters. The average Bonchev–Trinajstić information content (AvgIpc) is 2.03. The molecule has 11 heavy (non-hydrogen) atoms. The summed E-state index contributed by atoms with van der Waals surface area (Å²) in [6.45, 7) is 1.60. The van der Waals surface area contributed by atoms with Crippen LogP contribution in [0.5, 0.6) is 0 Å². The lowest BCUT2D eigenvalue weighted by Gasteiger charge is -2.03. The summed E-state index contributed by atoms with van der Waals surface area (Å²) in [5, 5.41) is 0.189. The zero-order chi connectivity index (χ0) is 8.10. The Labute approximate surface area is 71.6 Å². The molecule has 0 N–H and O–H groups in total. The third kappa shape index (κ3) is 3.42. The Bertz CT molecular complexity index is 204. The maximum atomic E-state index is 10.6. The first-order valence-electron chi connectivity index (χ1n) is 3.61. The first-order valence-corrected chi connectivity index (χ1v) is 4.60. The number of thioether (sulfide) groups is 1. The van der Waals surface area contributed by atoms with Gasteiger partial charge in [0.05, 0.1) is 0 Å². The van der Waals surface area contributed by atoms with Crippen LogP contribution in [0.4, 0.5) is 0 Å². The zero-order valence-corrected chi connectivity index (χ0v) is 7.36. The van der Waals surface area contributed by atoms with Gasteiger partial charge in [0.15, 0.2) is 5.12 Å². The van der Waals surface area contributed by atoms with E-state index in [1.807, 2.05) is 6.08 Å². The second-order valence-electron chi connectivity index (χ2n) is 2.39. The van der Waals surface area contributed by atoms with Crippen molar-refractivity contribution in [3.05, 3.63) is 30.2 Å². The van der Waals surface area contributed by atoms with E-state index < -0.39 is 0 Å². The molecule has 1 aliphatic rings. The minimum atomic E-state index is 0.189. The lowest BCUT2D eigenvalue weighted by molar-refractivity contribution is -0.109. The van der Waals surface area contributed by atoms with Crippen molar-refractivity contribution in [3.63, 3.8) is 0 Å². The van der Waals surface area contributed by atoms with Crippen LogP contribution in [0.2, 0.25) is 0 Å². The van der Waals surface area contributed by atoms with E-state index in [9.17, 15) is 4.79 Å². The Kier molecular flexibility index (Phi) is 3.43. The third-order valence-corrected chi connectivity index (χ3v) is 2.29. The fraction of sp³-hybridized carbons (Fsp3) is 0.333. The summed E-state index contributed by atoms with van der Waals surface area (Å²) in [6.07, 6.45) is 9.34. The van der Waals surface area contributed by atoms with Crippen molar-refractivity contribution in [1.29, 1.82) is 0 Å². The predicted molar refractivity (Wildman–Crippen MR) is 49.3 cm³/mol. The molecule has 0 spiro atoms. The molecule has 0 amide bonds. The SMILES string of the molecule is CC(=O)SCC1=CC[CH]C=C1. The Morgan fingerprint density at radius 2 is 2.55 bits per heavy atom. The van der Waals surface area contributed by atoms with Crippen molar-refractivity contribution in [2.45, 2.75) is 13.3 Å². The van der Waals surface area contributed by atoms with Gasteiger partial charge in [-0.3, -0.25) is 4.79 Å². The molecule has 1 nitrogen and oxygen atoms in total. The van der Waals surface area contributed by atoms with Gasteiger partial charge in [0.1, 0.15) is 0 Å². The van der Waals surface area contributed by atoms with Gasteiger partial charge in [0.25, 0.3) is 0 Å². The van der Waals surface area contributed by atoms with Crippen molar-refractivity contribution < 1.29 is 4.79 Å². The summed E-state index contributed by atoms with van der Waals surface area (Å²) in [5.74, 6) is 0.819. The molecular weight excluding hydrogens is 156 g/mol. The Balaban J connectivity index is 2.31. The van der Waals surface area contributed by atoms with Crippen LogP contribution in [0.1, 0.15) is 13.3 Å². The molecule has 0 atom stereocenters. The fourth-order valence-electron chi connectivity index (χ4n) is 0.850. The highest BCUT2D eigenvalue weighted by atomic mass is 32.2. The zero-order valence-electron chi connectivity index (χ0n) is 6.54. The Hall–Kier alpha value is -0.500. The van der Waals surface area contributed by atoms with Gasteiger partial charge in [0.2, 0.25) is 0 Å². The average molecular weight is 167 g/mol. The fourth-order valence-corrected chi connectivity index (χ4v) is 1.43. The van der Waals surface area contributed by atoms with Gasteiger partial charge in [-0.25, -0.2) is 0 Å². The second kappa shape index (κ2) is 4.39. The van der Waals surface area contributed by atoms with Crippen LogP contribution >= 0.6 is 11.8 Å². The molecule has 2 heteroatoms. The molecular formula is C9H11OS. The van der Waals surface area contributed by atoms with Crippen LogP contribution in [0.15, 0.2) is 23.8 Å². The number of hydrogen-bond acceptors (Lipinski definition) is 2. The van der Waals surface area contributed by atoms with Crippen molar-refractivity contribution >= 4 is 16.9 Å². The topological polar surface area (TPSA) is 17.1 Å². The maximum Gasteiger partial charge on any atom is 0.186 e. The van der Waals surface area contributed by atoms with E-state index in [4.69, 9.17) is 0 Å². The minimum absolute atomic E-state index is 0.189. The minimum Gasteiger partial charge on any atom is -0.288 e. The summed E-state index contributed by atoms with van der Waals surface area (Å²) in [5.41, 5.74) is 1.26. The maximum absolute atomic E-state index is 10.6. The summed E-state index contributed by atoms with van der Waals surface area (Å²) in [6, 6.07) is 0. The first kappa shape index (κ1) is 8.60. The smallest absolute Gasteiger partial charge is 0.186 e. The monoisotopic (exact) mass is 167 g/mol. The van der Waals surface area contributed by atoms with Crippen molar-refractivity contribution in [3.8, 4) is 0 Å². The molecule has 0 heterocycles. The summed E-state index contributed by atoms with van der Waals surface area (Å²) < 4.78 is 0. The number of carbonyl (C=O) groups excluding carboxylic acids is 1. The first-order chi connectivity index (χ1) is 5.29. The van der Waals surface area contributed by atoms with Crippen LogP contribution in [0, 0.1) is 6.42 Å². The number of carbonyl (C=O) groups is 1. The van der Waals surface area contributed by atoms with E-state index in [0.717, 1.165) is 12.2 Å². The van der Waals surface area contributed by atoms with Crippen LogP contribution in [0.3, 0.4) is 0 Å². The van der Waals surface area contributed by atoms with Gasteiger partial charge in [-0.1, -0.05) is 30.0 Å². The van der Waals surface area contributed by atoms with E-state index in [0.29, 0.717) is 0 Å². The quantitative estimate of drug-likeness (QED) is 0.628. The molecule has 1 aliphatic carbocycles. The van der Waals surface area contributed by atoms with Crippen LogP contribution in [0.25, 0.3) is 0 Å². The van der Waals surface area contributed by atoms with E-state index in [1.165, 1.54) is 17.3 Å². The number of rotatable bonds is 2. The number of hydrogen-bond donors (Lipinski definition) is 0. The van der Waals surface area contributed by atoms with Gasteiger partial charge in [-0.15, -0.1) is 0 Å². The highest BCUT2D eigenvalue weighted by Crippen LogP contribution is 2.14. The van der Waals surface area contributed by atoms with E-state index >= 15 is 0 Å². The molecule has 0 aromatic heterocycles. The van der Waals surface area contributed by atoms with Crippen molar-refractivity contribution in [2.75, 3.05) is 5.75 Å². The summed E-state index contributed by atoms with van der Waals surface area (Å²) in [7, 11) is 0. The molecule has 59 valence electrons. The molecule has 0 aliphatic heterocycles. The normalized spacial score (nSPS) is 16.3. The van der Waals surface area contributed by atoms with Crippen LogP contribution in [-0.2, 0) is 4.79 Å². The third-order valence-electron chi connectivity index (χ3n) is 1.40. The van der Waals surface area contributed by atoms with Gasteiger partial charge in [-0.2, -0.15) is 0 Å². The lowest BCUT2D eigenvalue weighted by atomic mass is 10.1. The van der Waals surface area contributed by atoms with Crippen molar-refractivity contribution in [2.24, 2.45) is 0 Å². The number of allylic oxidation sites excluding steroid dienone is 3.